The normalized spacial score (nSPS) is 29.3. The summed E-state index contributed by atoms with van der Waals surface area (Å²) in [5.74, 6) is 0. The number of halogens is 1. The molecule has 7 N–H and O–H groups in total. The average Bonchev–Trinajstić information content (AvgIpc) is 2.80. The number of aliphatic hydroxyl groups excluding tert-OH is 2. The van der Waals surface area contributed by atoms with E-state index in [4.69, 9.17) is 19.4 Å². The Hall–Kier alpha value is -0.0300. The fraction of sp³-hybridized carbons (Fsp3) is 0.500. The van der Waals surface area contributed by atoms with E-state index in [9.17, 15) is 33.6 Å². The van der Waals surface area contributed by atoms with Crippen LogP contribution in [0.3, 0.4) is 0 Å². The van der Waals surface area contributed by atoms with E-state index in [1.165, 1.54) is 12.3 Å². The average molecular weight is 593 g/mol. The van der Waals surface area contributed by atoms with Crippen LogP contribution in [0.1, 0.15) is 11.7 Å². The highest BCUT2D eigenvalue weighted by Crippen LogP contribution is 2.66. The second-order valence-electron chi connectivity index (χ2n) is 5.57. The second kappa shape index (κ2) is 9.22. The van der Waals surface area contributed by atoms with Crippen LogP contribution >= 0.6 is 46.1 Å². The maximum atomic E-state index is 11.9. The van der Waals surface area contributed by atoms with Crippen LogP contribution in [-0.2, 0) is 31.6 Å². The van der Waals surface area contributed by atoms with Gasteiger partial charge >= 0.3 is 23.5 Å². The first-order chi connectivity index (χ1) is 13.1. The van der Waals surface area contributed by atoms with E-state index in [0.29, 0.717) is 3.57 Å². The third kappa shape index (κ3) is 7.26. The standard InChI is InChI=1S/C10H15INO14P3/c11-4-1-5(10(15)12-2-4)9-8(14)7(13)6(24-9)3-23-28(19,20)26-29(21,22)25-27(16,17)18/h1-2,6-9,13-14H,3H2,(H,12,15)(H,19,20)(H,21,22)(H2,16,17,18)/t6-,7-,8-,9+/m1/s1. The number of phosphoric acid groups is 3. The molecule has 6 atom stereocenters. The first-order valence-corrected chi connectivity index (χ1v) is 12.9. The van der Waals surface area contributed by atoms with Gasteiger partial charge in [0, 0.05) is 15.3 Å². The Labute approximate surface area is 175 Å². The van der Waals surface area contributed by atoms with Crippen LogP contribution in [0.4, 0.5) is 0 Å². The van der Waals surface area contributed by atoms with Gasteiger partial charge in [-0.2, -0.15) is 8.62 Å². The Bertz CT molecular complexity index is 946. The van der Waals surface area contributed by atoms with Crippen molar-refractivity contribution in [1.29, 1.82) is 0 Å². The summed E-state index contributed by atoms with van der Waals surface area (Å²) in [5, 5.41) is 20.1. The van der Waals surface area contributed by atoms with E-state index in [0.717, 1.165) is 0 Å². The molecule has 0 spiro atoms. The van der Waals surface area contributed by atoms with Gasteiger partial charge in [-0.25, -0.2) is 13.7 Å². The van der Waals surface area contributed by atoms with Crippen molar-refractivity contribution in [1.82, 2.24) is 4.98 Å². The van der Waals surface area contributed by atoms with Gasteiger partial charge < -0.3 is 39.5 Å². The number of hydrogen-bond acceptors (Lipinski definition) is 10. The van der Waals surface area contributed by atoms with Gasteiger partial charge in [0.25, 0.3) is 5.56 Å². The number of aliphatic hydroxyl groups is 2. The van der Waals surface area contributed by atoms with Crippen LogP contribution in [0.2, 0.25) is 0 Å². The van der Waals surface area contributed by atoms with E-state index in [2.05, 4.69) is 18.1 Å². The summed E-state index contributed by atoms with van der Waals surface area (Å²) in [6.07, 6.45) is -4.72. The van der Waals surface area contributed by atoms with Gasteiger partial charge in [0.15, 0.2) is 0 Å². The van der Waals surface area contributed by atoms with E-state index >= 15 is 0 Å². The first kappa shape index (κ1) is 25.2. The first-order valence-electron chi connectivity index (χ1n) is 7.28. The number of rotatable bonds is 8. The molecule has 166 valence electrons. The number of phosphoric ester groups is 1. The van der Waals surface area contributed by atoms with Crippen LogP contribution in [0.15, 0.2) is 17.1 Å². The molecule has 29 heavy (non-hydrogen) atoms. The summed E-state index contributed by atoms with van der Waals surface area (Å²) >= 11 is 1.88. The summed E-state index contributed by atoms with van der Waals surface area (Å²) in [4.78, 5) is 49.7. The molecular formula is C10H15INO14P3. The molecule has 0 aliphatic carbocycles. The van der Waals surface area contributed by atoms with Gasteiger partial charge in [0.2, 0.25) is 0 Å². The molecule has 19 heteroatoms. The molecule has 2 unspecified atom stereocenters. The number of hydrogen-bond donors (Lipinski definition) is 7. The molecule has 1 aliphatic heterocycles. The largest absolute Gasteiger partial charge is 0.490 e. The molecule has 0 saturated carbocycles. The monoisotopic (exact) mass is 593 g/mol. The second-order valence-corrected chi connectivity index (χ2v) is 11.2. The zero-order valence-corrected chi connectivity index (χ0v) is 18.7. The number of ether oxygens (including phenoxy) is 1. The molecule has 1 fully saturated rings. The molecule has 1 aromatic heterocycles. The lowest BCUT2D eigenvalue weighted by Crippen LogP contribution is -2.33. The van der Waals surface area contributed by atoms with E-state index in [1.807, 2.05) is 22.6 Å². The molecular weight excluding hydrogens is 578 g/mol. The number of aromatic nitrogens is 1. The summed E-state index contributed by atoms with van der Waals surface area (Å²) < 4.78 is 50.8. The lowest BCUT2D eigenvalue weighted by atomic mass is 10.0. The Balaban J connectivity index is 2.06. The van der Waals surface area contributed by atoms with Crippen molar-refractivity contribution in [2.24, 2.45) is 0 Å². The molecule has 1 aromatic rings. The molecule has 2 rings (SSSR count). The topological polar surface area (TPSA) is 242 Å². The third-order valence-corrected chi connectivity index (χ3v) is 7.81. The van der Waals surface area contributed by atoms with Gasteiger partial charge in [-0.15, -0.1) is 0 Å². The van der Waals surface area contributed by atoms with Crippen LogP contribution in [0.25, 0.3) is 0 Å². The van der Waals surface area contributed by atoms with E-state index in [-0.39, 0.29) is 5.56 Å². The fourth-order valence-corrected chi connectivity index (χ4v) is 5.82. The zero-order valence-electron chi connectivity index (χ0n) is 13.8. The molecule has 0 amide bonds. The Morgan fingerprint density at radius 3 is 2.28 bits per heavy atom. The Morgan fingerprint density at radius 1 is 1.07 bits per heavy atom. The van der Waals surface area contributed by atoms with Gasteiger partial charge in [-0.3, -0.25) is 9.32 Å². The van der Waals surface area contributed by atoms with Crippen molar-refractivity contribution in [2.75, 3.05) is 6.61 Å². The minimum Gasteiger partial charge on any atom is -0.387 e. The molecule has 0 aromatic carbocycles. The van der Waals surface area contributed by atoms with Crippen molar-refractivity contribution < 1.29 is 61.4 Å². The van der Waals surface area contributed by atoms with Crippen LogP contribution in [-0.4, -0.2) is 59.7 Å². The highest BCUT2D eigenvalue weighted by atomic mass is 127. The number of aromatic amines is 1. The molecule has 0 radical (unpaired) electrons. The van der Waals surface area contributed by atoms with Crippen LogP contribution in [0.5, 0.6) is 0 Å². The van der Waals surface area contributed by atoms with Crippen molar-refractivity contribution >= 4 is 46.1 Å². The predicted molar refractivity (Wildman–Crippen MR) is 99.2 cm³/mol. The van der Waals surface area contributed by atoms with Crippen molar-refractivity contribution in [3.63, 3.8) is 0 Å². The van der Waals surface area contributed by atoms with E-state index in [1.54, 1.807) is 0 Å². The summed E-state index contributed by atoms with van der Waals surface area (Å²) in [5.41, 5.74) is -0.653. The zero-order chi connectivity index (χ0) is 22.2. The number of H-pyrrole nitrogens is 1. The van der Waals surface area contributed by atoms with Gasteiger partial charge in [-0.05, 0) is 28.7 Å². The van der Waals surface area contributed by atoms with E-state index < -0.39 is 60.1 Å². The van der Waals surface area contributed by atoms with Gasteiger partial charge in [0.05, 0.1) is 6.61 Å². The van der Waals surface area contributed by atoms with Gasteiger partial charge in [0.1, 0.15) is 24.4 Å². The summed E-state index contributed by atoms with van der Waals surface area (Å²) in [6, 6.07) is 1.38. The lowest BCUT2D eigenvalue weighted by molar-refractivity contribution is -0.0226. The van der Waals surface area contributed by atoms with Crippen molar-refractivity contribution in [3.05, 3.63) is 31.8 Å². The minimum atomic E-state index is -5.70. The predicted octanol–water partition coefficient (Wildman–Crippen LogP) is -0.516. The molecule has 1 saturated heterocycles. The third-order valence-electron chi connectivity index (χ3n) is 3.38. The lowest BCUT2D eigenvalue weighted by Gasteiger charge is -2.19. The van der Waals surface area contributed by atoms with Crippen LogP contribution in [0, 0.1) is 3.57 Å². The maximum Gasteiger partial charge on any atom is 0.490 e. The molecule has 1 aliphatic rings. The number of pyridine rings is 1. The van der Waals surface area contributed by atoms with Crippen molar-refractivity contribution in [3.8, 4) is 0 Å². The quantitative estimate of drug-likeness (QED) is 0.148. The number of nitrogens with one attached hydrogen (secondary N) is 1. The molecule has 15 nitrogen and oxygen atoms in total. The Morgan fingerprint density at radius 2 is 1.69 bits per heavy atom. The fourth-order valence-electron chi connectivity index (χ4n) is 2.30. The molecule has 2 heterocycles. The van der Waals surface area contributed by atoms with Gasteiger partial charge in [-0.1, -0.05) is 0 Å². The summed E-state index contributed by atoms with van der Waals surface area (Å²) in [7, 11) is -16.7. The highest BCUT2D eigenvalue weighted by Gasteiger charge is 2.46. The van der Waals surface area contributed by atoms with Crippen molar-refractivity contribution in [2.45, 2.75) is 24.4 Å². The molecule has 0 bridgehead atoms. The minimum absolute atomic E-state index is 0.0377. The maximum absolute atomic E-state index is 11.9. The van der Waals surface area contributed by atoms with Crippen LogP contribution < -0.4 is 5.56 Å². The highest BCUT2D eigenvalue weighted by molar-refractivity contribution is 14.1. The smallest absolute Gasteiger partial charge is 0.387 e. The Kier molecular flexibility index (Phi) is 8.02. The summed E-state index contributed by atoms with van der Waals surface area (Å²) in [6.45, 7) is -0.972. The SMILES string of the molecule is O=c1[nH]cc(I)cc1[C@@H]1O[C@H](COP(=O)(O)OP(=O)(O)OP(=O)(O)O)[C@@H](O)[C@H]1O.